The van der Waals surface area contributed by atoms with E-state index < -0.39 is 41.0 Å². The number of hydrogen-bond donors (Lipinski definition) is 2. The van der Waals surface area contributed by atoms with Crippen LogP contribution in [0.3, 0.4) is 0 Å². The molecule has 10 heteroatoms. The first-order chi connectivity index (χ1) is 14.1. The normalized spacial score (nSPS) is 12.4. The Bertz CT molecular complexity index is 1080. The lowest BCUT2D eigenvalue weighted by Crippen LogP contribution is -2.36. The molecular weight excluding hydrogens is 424 g/mol. The maximum Gasteiger partial charge on any atom is 0.416 e. The number of aliphatic carboxylic acids is 1. The number of hydrogen-bond acceptors (Lipinski definition) is 4. The van der Waals surface area contributed by atoms with Crippen LogP contribution >= 0.6 is 11.3 Å². The van der Waals surface area contributed by atoms with Gasteiger partial charge in [0.25, 0.3) is 0 Å². The van der Waals surface area contributed by atoms with E-state index in [1.165, 1.54) is 24.3 Å². The first-order valence-corrected chi connectivity index (χ1v) is 9.42. The number of benzene rings is 2. The van der Waals surface area contributed by atoms with Gasteiger partial charge >= 0.3 is 12.1 Å². The van der Waals surface area contributed by atoms with Crippen LogP contribution in [-0.2, 0) is 22.2 Å². The van der Waals surface area contributed by atoms with E-state index in [4.69, 9.17) is 0 Å². The quantitative estimate of drug-likeness (QED) is 0.558. The highest BCUT2D eigenvalue weighted by molar-refractivity contribution is 7.13. The molecule has 1 unspecified atom stereocenters. The standard InChI is InChI=1S/C20H14F4N2O3S/c21-12-5-3-4-11(8-12)18-25-13(10-30-18)9-16(27)26-17(19(28)29)14-6-1-2-7-15(14)20(22,23)24/h1-8,10,17H,9H2,(H,26,27)(H,28,29). The summed E-state index contributed by atoms with van der Waals surface area (Å²) in [7, 11) is 0. The van der Waals surface area contributed by atoms with Crippen molar-refractivity contribution in [3.63, 3.8) is 0 Å². The third-order valence-electron chi connectivity index (χ3n) is 4.09. The first kappa shape index (κ1) is 21.4. The van der Waals surface area contributed by atoms with E-state index in [1.807, 2.05) is 0 Å². The van der Waals surface area contributed by atoms with Crippen LogP contribution in [0.5, 0.6) is 0 Å². The number of carboxylic acid groups (broad SMARTS) is 1. The van der Waals surface area contributed by atoms with E-state index in [-0.39, 0.29) is 12.1 Å². The van der Waals surface area contributed by atoms with Crippen LogP contribution in [0, 0.1) is 5.82 Å². The van der Waals surface area contributed by atoms with Gasteiger partial charge in [0.05, 0.1) is 17.7 Å². The van der Waals surface area contributed by atoms with Crippen molar-refractivity contribution >= 4 is 23.2 Å². The Hall–Kier alpha value is -3.27. The van der Waals surface area contributed by atoms with Gasteiger partial charge in [0, 0.05) is 10.9 Å². The number of alkyl halides is 3. The van der Waals surface area contributed by atoms with Crippen LogP contribution < -0.4 is 5.32 Å². The number of aromatic nitrogens is 1. The van der Waals surface area contributed by atoms with Crippen LogP contribution in [0.15, 0.2) is 53.9 Å². The lowest BCUT2D eigenvalue weighted by molar-refractivity contribution is -0.144. The molecule has 1 heterocycles. The number of rotatable bonds is 6. The predicted octanol–water partition coefficient (Wildman–Crippen LogP) is 4.45. The van der Waals surface area contributed by atoms with Gasteiger partial charge in [0.2, 0.25) is 5.91 Å². The minimum atomic E-state index is -4.77. The topological polar surface area (TPSA) is 79.3 Å². The number of nitrogens with one attached hydrogen (secondary N) is 1. The number of carboxylic acids is 1. The molecule has 0 fully saturated rings. The molecule has 1 aromatic heterocycles. The molecule has 1 amide bonds. The molecule has 0 saturated carbocycles. The molecule has 0 aliphatic rings. The maximum absolute atomic E-state index is 13.3. The number of carbonyl (C=O) groups excluding carboxylic acids is 1. The Labute approximate surface area is 172 Å². The zero-order valence-corrected chi connectivity index (χ0v) is 15.9. The third-order valence-corrected chi connectivity index (χ3v) is 5.03. The summed E-state index contributed by atoms with van der Waals surface area (Å²) in [6.45, 7) is 0. The third kappa shape index (κ3) is 5.01. The summed E-state index contributed by atoms with van der Waals surface area (Å²) >= 11 is 1.16. The summed E-state index contributed by atoms with van der Waals surface area (Å²) in [6, 6.07) is 7.98. The van der Waals surface area contributed by atoms with E-state index in [9.17, 15) is 32.3 Å². The van der Waals surface area contributed by atoms with E-state index >= 15 is 0 Å². The van der Waals surface area contributed by atoms with Crippen LogP contribution in [0.25, 0.3) is 10.6 Å². The molecule has 0 aliphatic heterocycles. The summed E-state index contributed by atoms with van der Waals surface area (Å²) in [5, 5.41) is 13.5. The van der Waals surface area contributed by atoms with Gasteiger partial charge in [0.1, 0.15) is 10.8 Å². The Morgan fingerprint density at radius 2 is 1.87 bits per heavy atom. The van der Waals surface area contributed by atoms with E-state index in [0.29, 0.717) is 10.6 Å². The van der Waals surface area contributed by atoms with Gasteiger partial charge in [-0.2, -0.15) is 13.2 Å². The van der Waals surface area contributed by atoms with Crippen LogP contribution in [0.4, 0.5) is 17.6 Å². The van der Waals surface area contributed by atoms with Gasteiger partial charge in [-0.1, -0.05) is 30.3 Å². The van der Waals surface area contributed by atoms with Gasteiger partial charge in [-0.05, 0) is 23.8 Å². The number of nitrogens with zero attached hydrogens (tertiary/aromatic N) is 1. The Morgan fingerprint density at radius 1 is 1.13 bits per heavy atom. The molecule has 30 heavy (non-hydrogen) atoms. The fraction of sp³-hybridized carbons (Fsp3) is 0.150. The van der Waals surface area contributed by atoms with E-state index in [1.54, 1.807) is 11.4 Å². The highest BCUT2D eigenvalue weighted by atomic mass is 32.1. The largest absolute Gasteiger partial charge is 0.479 e. The molecule has 0 radical (unpaired) electrons. The summed E-state index contributed by atoms with van der Waals surface area (Å²) in [6.07, 6.45) is -5.12. The Balaban J connectivity index is 1.77. The summed E-state index contributed by atoms with van der Waals surface area (Å²) in [5.74, 6) is -2.89. The Morgan fingerprint density at radius 3 is 2.53 bits per heavy atom. The molecule has 3 aromatic rings. The minimum Gasteiger partial charge on any atom is -0.479 e. The lowest BCUT2D eigenvalue weighted by atomic mass is 9.99. The van der Waals surface area contributed by atoms with Crippen molar-refractivity contribution in [1.82, 2.24) is 10.3 Å². The number of carbonyl (C=O) groups is 2. The van der Waals surface area contributed by atoms with E-state index in [0.717, 1.165) is 29.5 Å². The second kappa shape index (κ2) is 8.62. The van der Waals surface area contributed by atoms with Crippen molar-refractivity contribution in [2.45, 2.75) is 18.6 Å². The molecule has 156 valence electrons. The van der Waals surface area contributed by atoms with Gasteiger partial charge < -0.3 is 10.4 Å². The molecule has 0 spiro atoms. The van der Waals surface area contributed by atoms with Crippen molar-refractivity contribution in [2.75, 3.05) is 0 Å². The van der Waals surface area contributed by atoms with Crippen molar-refractivity contribution in [1.29, 1.82) is 0 Å². The second-order valence-corrected chi connectivity index (χ2v) is 7.11. The molecule has 2 N–H and O–H groups in total. The average molecular weight is 438 g/mol. The fourth-order valence-corrected chi connectivity index (χ4v) is 3.61. The fourth-order valence-electron chi connectivity index (χ4n) is 2.80. The van der Waals surface area contributed by atoms with E-state index in [2.05, 4.69) is 10.3 Å². The molecule has 1 atom stereocenters. The molecule has 5 nitrogen and oxygen atoms in total. The number of thiazole rings is 1. The minimum absolute atomic E-state index is 0.282. The second-order valence-electron chi connectivity index (χ2n) is 6.25. The summed E-state index contributed by atoms with van der Waals surface area (Å²) in [5.41, 5.74) is -0.913. The van der Waals surface area contributed by atoms with Crippen molar-refractivity contribution in [2.24, 2.45) is 0 Å². The molecular formula is C20H14F4N2O3S. The van der Waals surface area contributed by atoms with Crippen LogP contribution in [0.1, 0.15) is 22.9 Å². The average Bonchev–Trinajstić information content (AvgIpc) is 3.13. The highest BCUT2D eigenvalue weighted by Gasteiger charge is 2.37. The van der Waals surface area contributed by atoms with Crippen LogP contribution in [0.2, 0.25) is 0 Å². The SMILES string of the molecule is O=C(Cc1csc(-c2cccc(F)c2)n1)NC(C(=O)O)c1ccccc1C(F)(F)F. The summed E-state index contributed by atoms with van der Waals surface area (Å²) < 4.78 is 53.0. The zero-order chi connectivity index (χ0) is 21.9. The molecule has 0 saturated heterocycles. The molecule has 0 bridgehead atoms. The van der Waals surface area contributed by atoms with Crippen LogP contribution in [-0.4, -0.2) is 22.0 Å². The highest BCUT2D eigenvalue weighted by Crippen LogP contribution is 2.34. The first-order valence-electron chi connectivity index (χ1n) is 8.54. The van der Waals surface area contributed by atoms with Gasteiger partial charge in [-0.15, -0.1) is 11.3 Å². The van der Waals surface area contributed by atoms with Gasteiger partial charge in [0.15, 0.2) is 6.04 Å². The van der Waals surface area contributed by atoms with Crippen molar-refractivity contribution in [3.05, 3.63) is 76.5 Å². The molecule has 2 aromatic carbocycles. The smallest absolute Gasteiger partial charge is 0.416 e. The monoisotopic (exact) mass is 438 g/mol. The lowest BCUT2D eigenvalue weighted by Gasteiger charge is -2.19. The predicted molar refractivity (Wildman–Crippen MR) is 101 cm³/mol. The van der Waals surface area contributed by atoms with Gasteiger partial charge in [-0.25, -0.2) is 14.2 Å². The Kier molecular flexibility index (Phi) is 6.16. The molecule has 3 rings (SSSR count). The van der Waals surface area contributed by atoms with Crippen molar-refractivity contribution in [3.8, 4) is 10.6 Å². The maximum atomic E-state index is 13.3. The number of halogens is 4. The zero-order valence-electron chi connectivity index (χ0n) is 15.1. The molecule has 0 aliphatic carbocycles. The van der Waals surface area contributed by atoms with Gasteiger partial charge in [-0.3, -0.25) is 4.79 Å². The summed E-state index contributed by atoms with van der Waals surface area (Å²) in [4.78, 5) is 28.1. The van der Waals surface area contributed by atoms with Crippen molar-refractivity contribution < 1.29 is 32.3 Å². The number of amides is 1.